The fraction of sp³-hybridized carbons (Fsp3) is 0.100. The first-order chi connectivity index (χ1) is 12.7. The van der Waals surface area contributed by atoms with Gasteiger partial charge < -0.3 is 4.74 Å². The van der Waals surface area contributed by atoms with Gasteiger partial charge in [0.2, 0.25) is 5.78 Å². The van der Waals surface area contributed by atoms with E-state index in [2.05, 4.69) is 35.5 Å². The summed E-state index contributed by atoms with van der Waals surface area (Å²) in [5, 5.41) is 0.424. The molecule has 4 rings (SSSR count). The maximum atomic E-state index is 6.07. The predicted molar refractivity (Wildman–Crippen MR) is 107 cm³/mol. The zero-order chi connectivity index (χ0) is 18.1. The molecule has 2 aromatic carbocycles. The van der Waals surface area contributed by atoms with E-state index in [1.807, 2.05) is 34.9 Å². The number of halogens is 1. The van der Waals surface area contributed by atoms with Gasteiger partial charge in [-0.2, -0.15) is 0 Å². The Hall–Kier alpha value is -2.50. The normalized spacial score (nSPS) is 11.0. The lowest BCUT2D eigenvalue weighted by molar-refractivity contribution is 0.415. The average Bonchev–Trinajstić information content (AvgIpc) is 3.06. The highest BCUT2D eigenvalue weighted by atomic mass is 35.5. The summed E-state index contributed by atoms with van der Waals surface area (Å²) < 4.78 is 7.24. The van der Waals surface area contributed by atoms with Crippen LogP contribution in [-0.2, 0) is 0 Å². The number of ether oxygens (including phenoxy) is 1. The zero-order valence-electron chi connectivity index (χ0n) is 14.3. The predicted octanol–water partition coefficient (Wildman–Crippen LogP) is 5.45. The van der Waals surface area contributed by atoms with E-state index in [0.29, 0.717) is 10.9 Å². The van der Waals surface area contributed by atoms with E-state index in [0.717, 1.165) is 28.3 Å². The van der Waals surface area contributed by atoms with Gasteiger partial charge in [0.05, 0.1) is 18.5 Å². The first-order valence-electron chi connectivity index (χ1n) is 8.03. The molecule has 2 aromatic heterocycles. The summed E-state index contributed by atoms with van der Waals surface area (Å²) >= 11 is 7.78. The monoisotopic (exact) mass is 381 g/mol. The number of aromatic nitrogens is 3. The van der Waals surface area contributed by atoms with E-state index in [4.69, 9.17) is 21.3 Å². The Morgan fingerprint density at radius 2 is 1.62 bits per heavy atom. The van der Waals surface area contributed by atoms with Crippen LogP contribution in [0.3, 0.4) is 0 Å². The molecular formula is C20H16ClN3OS. The Balaban J connectivity index is 1.95. The fourth-order valence-corrected chi connectivity index (χ4v) is 3.42. The Bertz CT molecular complexity index is 1060. The first kappa shape index (κ1) is 16.9. The quantitative estimate of drug-likeness (QED) is 0.348. The minimum Gasteiger partial charge on any atom is -0.497 e. The van der Waals surface area contributed by atoms with E-state index >= 15 is 0 Å². The number of fused-ring (bicyclic) bond motifs is 1. The van der Waals surface area contributed by atoms with Crippen molar-refractivity contribution in [2.45, 2.75) is 4.90 Å². The van der Waals surface area contributed by atoms with Crippen LogP contribution in [0.25, 0.3) is 28.3 Å². The summed E-state index contributed by atoms with van der Waals surface area (Å²) in [4.78, 5) is 10.3. The first-order valence-corrected chi connectivity index (χ1v) is 9.63. The SMILES string of the molecule is COc1ccc(-c2c(-c3ccc(SC)cc3)nc3nc(Cl)ccn23)cc1. The van der Waals surface area contributed by atoms with Crippen LogP contribution in [0, 0.1) is 0 Å². The van der Waals surface area contributed by atoms with Crippen LogP contribution >= 0.6 is 23.4 Å². The smallest absolute Gasteiger partial charge is 0.236 e. The molecule has 4 nitrogen and oxygen atoms in total. The second-order valence-corrected chi connectivity index (χ2v) is 6.95. The third-order valence-electron chi connectivity index (χ3n) is 4.19. The van der Waals surface area contributed by atoms with Crippen LogP contribution < -0.4 is 4.74 Å². The van der Waals surface area contributed by atoms with Gasteiger partial charge in [-0.3, -0.25) is 4.40 Å². The highest BCUT2D eigenvalue weighted by Gasteiger charge is 2.17. The average molecular weight is 382 g/mol. The number of hydrogen-bond donors (Lipinski definition) is 0. The van der Waals surface area contributed by atoms with Crippen molar-refractivity contribution < 1.29 is 4.74 Å². The Morgan fingerprint density at radius 3 is 2.27 bits per heavy atom. The number of benzene rings is 2. The molecule has 0 aliphatic rings. The van der Waals surface area contributed by atoms with Gasteiger partial charge in [0.25, 0.3) is 0 Å². The molecule has 0 aliphatic heterocycles. The van der Waals surface area contributed by atoms with E-state index in [1.54, 1.807) is 24.9 Å². The molecule has 0 saturated carbocycles. The van der Waals surface area contributed by atoms with Crippen molar-refractivity contribution in [3.05, 3.63) is 65.9 Å². The molecule has 0 saturated heterocycles. The molecule has 6 heteroatoms. The summed E-state index contributed by atoms with van der Waals surface area (Å²) in [7, 11) is 1.66. The van der Waals surface area contributed by atoms with Crippen molar-refractivity contribution in [3.63, 3.8) is 0 Å². The molecule has 0 amide bonds. The van der Waals surface area contributed by atoms with Crippen LogP contribution in [0.2, 0.25) is 5.15 Å². The molecule has 4 aromatic rings. The maximum Gasteiger partial charge on any atom is 0.236 e. The van der Waals surface area contributed by atoms with Gasteiger partial charge in [-0.1, -0.05) is 23.7 Å². The minimum absolute atomic E-state index is 0.424. The minimum atomic E-state index is 0.424. The molecular weight excluding hydrogens is 366 g/mol. The molecule has 0 unspecified atom stereocenters. The number of nitrogens with zero attached hydrogens (tertiary/aromatic N) is 3. The van der Waals surface area contributed by atoms with Gasteiger partial charge in [0, 0.05) is 22.2 Å². The lowest BCUT2D eigenvalue weighted by Crippen LogP contribution is -1.92. The van der Waals surface area contributed by atoms with Crippen molar-refractivity contribution in [1.82, 2.24) is 14.4 Å². The fourth-order valence-electron chi connectivity index (χ4n) is 2.88. The molecule has 0 fully saturated rings. The molecule has 2 heterocycles. The Morgan fingerprint density at radius 1 is 0.923 bits per heavy atom. The van der Waals surface area contributed by atoms with E-state index in [1.165, 1.54) is 4.90 Å². The molecule has 0 spiro atoms. The van der Waals surface area contributed by atoms with Crippen LogP contribution in [0.1, 0.15) is 0 Å². The molecule has 0 N–H and O–H groups in total. The standard InChI is InChI=1S/C20H16ClN3OS/c1-25-15-7-3-14(4-8-15)19-18(13-5-9-16(26-2)10-6-13)23-20-22-17(21)11-12-24(19)20/h3-12H,1-2H3. The largest absolute Gasteiger partial charge is 0.497 e. The molecule has 0 aliphatic carbocycles. The van der Waals surface area contributed by atoms with Crippen LogP contribution in [0.4, 0.5) is 0 Å². The highest BCUT2D eigenvalue weighted by molar-refractivity contribution is 7.98. The van der Waals surface area contributed by atoms with Crippen molar-refractivity contribution in [2.75, 3.05) is 13.4 Å². The summed E-state index contributed by atoms with van der Waals surface area (Å²) in [6.07, 6.45) is 3.96. The number of rotatable bonds is 4. The number of imidazole rings is 1. The van der Waals surface area contributed by atoms with Crippen LogP contribution in [-0.4, -0.2) is 27.7 Å². The molecule has 0 bridgehead atoms. The van der Waals surface area contributed by atoms with Gasteiger partial charge in [0.15, 0.2) is 0 Å². The van der Waals surface area contributed by atoms with Gasteiger partial charge >= 0.3 is 0 Å². The third kappa shape index (κ3) is 3.04. The summed E-state index contributed by atoms with van der Waals surface area (Å²) in [5.41, 5.74) is 3.92. The van der Waals surface area contributed by atoms with Crippen molar-refractivity contribution in [1.29, 1.82) is 0 Å². The lowest BCUT2D eigenvalue weighted by Gasteiger charge is -2.07. The third-order valence-corrected chi connectivity index (χ3v) is 5.14. The Labute approximate surface area is 160 Å². The maximum absolute atomic E-state index is 6.07. The molecule has 26 heavy (non-hydrogen) atoms. The van der Waals surface area contributed by atoms with Crippen LogP contribution in [0.15, 0.2) is 65.7 Å². The summed E-state index contributed by atoms with van der Waals surface area (Å²) in [6.45, 7) is 0. The van der Waals surface area contributed by atoms with Gasteiger partial charge in [-0.05, 0) is 48.7 Å². The molecule has 0 atom stereocenters. The van der Waals surface area contributed by atoms with E-state index in [-0.39, 0.29) is 0 Å². The highest BCUT2D eigenvalue weighted by Crippen LogP contribution is 2.34. The van der Waals surface area contributed by atoms with E-state index in [9.17, 15) is 0 Å². The number of methoxy groups -OCH3 is 1. The second-order valence-electron chi connectivity index (χ2n) is 5.69. The van der Waals surface area contributed by atoms with Gasteiger partial charge in [-0.15, -0.1) is 11.8 Å². The molecule has 0 radical (unpaired) electrons. The summed E-state index contributed by atoms with van der Waals surface area (Å²) in [6, 6.07) is 18.1. The van der Waals surface area contributed by atoms with Crippen molar-refractivity contribution >= 4 is 29.1 Å². The second kappa shape index (κ2) is 7.02. The van der Waals surface area contributed by atoms with E-state index < -0.39 is 0 Å². The number of thioether (sulfide) groups is 1. The van der Waals surface area contributed by atoms with Crippen LogP contribution in [0.5, 0.6) is 5.75 Å². The molecule has 130 valence electrons. The van der Waals surface area contributed by atoms with Crippen molar-refractivity contribution in [3.8, 4) is 28.3 Å². The topological polar surface area (TPSA) is 39.4 Å². The lowest BCUT2D eigenvalue weighted by atomic mass is 10.0. The Kier molecular flexibility index (Phi) is 4.57. The van der Waals surface area contributed by atoms with Gasteiger partial charge in [0.1, 0.15) is 10.9 Å². The zero-order valence-corrected chi connectivity index (χ0v) is 15.9. The summed E-state index contributed by atoms with van der Waals surface area (Å²) in [5.74, 6) is 1.39. The van der Waals surface area contributed by atoms with Crippen molar-refractivity contribution in [2.24, 2.45) is 0 Å². The number of hydrogen-bond acceptors (Lipinski definition) is 4. The van der Waals surface area contributed by atoms with Gasteiger partial charge in [-0.25, -0.2) is 9.97 Å².